The summed E-state index contributed by atoms with van der Waals surface area (Å²) in [6, 6.07) is 11.3. The number of esters is 1. The van der Waals surface area contributed by atoms with Gasteiger partial charge in [-0.2, -0.15) is 0 Å². The maximum atomic E-state index is 12.2. The first-order chi connectivity index (χ1) is 11.4. The average molecular weight is 368 g/mol. The van der Waals surface area contributed by atoms with Crippen LogP contribution in [-0.4, -0.2) is 25.1 Å². The van der Waals surface area contributed by atoms with Gasteiger partial charge in [0, 0.05) is 5.02 Å². The van der Waals surface area contributed by atoms with Crippen molar-refractivity contribution in [3.05, 3.63) is 58.1 Å². The lowest BCUT2D eigenvalue weighted by Crippen LogP contribution is -2.30. The fourth-order valence-electron chi connectivity index (χ4n) is 1.91. The van der Waals surface area contributed by atoms with Gasteiger partial charge in [-0.05, 0) is 37.3 Å². The Kier molecular flexibility index (Phi) is 6.06. The molecule has 2 rings (SSSR count). The van der Waals surface area contributed by atoms with Gasteiger partial charge in [0.15, 0.2) is 6.10 Å². The lowest BCUT2D eigenvalue weighted by Gasteiger charge is -2.15. The number of methoxy groups -OCH3 is 1. The van der Waals surface area contributed by atoms with Gasteiger partial charge >= 0.3 is 5.97 Å². The monoisotopic (exact) mass is 367 g/mol. The summed E-state index contributed by atoms with van der Waals surface area (Å²) in [5.41, 5.74) is 0.621. The number of ether oxygens (including phenoxy) is 2. The van der Waals surface area contributed by atoms with Gasteiger partial charge in [-0.1, -0.05) is 35.3 Å². The molecule has 0 heterocycles. The van der Waals surface area contributed by atoms with Crippen molar-refractivity contribution in [3.8, 4) is 5.75 Å². The predicted octanol–water partition coefficient (Wildman–Crippen LogP) is 4.19. The van der Waals surface area contributed by atoms with E-state index < -0.39 is 18.0 Å². The van der Waals surface area contributed by atoms with Gasteiger partial charge in [0.05, 0.1) is 23.4 Å². The fourth-order valence-corrected chi connectivity index (χ4v) is 2.40. The standard InChI is InChI=1S/C17H15Cl2NO4/c1-10(16(21)20-14-5-3-4-6-15(14)23-2)24-17(22)12-8-7-11(18)9-13(12)19/h3-10H,1-2H3,(H,20,21)/t10-/m1/s1. The van der Waals surface area contributed by atoms with Crippen LogP contribution in [0.15, 0.2) is 42.5 Å². The molecule has 0 spiro atoms. The first-order valence-corrected chi connectivity index (χ1v) is 7.78. The summed E-state index contributed by atoms with van der Waals surface area (Å²) in [5.74, 6) is -0.692. The van der Waals surface area contributed by atoms with Crippen LogP contribution in [0.4, 0.5) is 5.69 Å². The number of hydrogen-bond acceptors (Lipinski definition) is 4. The second kappa shape index (κ2) is 8.04. The molecule has 2 aromatic rings. The third-order valence-electron chi connectivity index (χ3n) is 3.17. The van der Waals surface area contributed by atoms with E-state index in [4.69, 9.17) is 32.7 Å². The first-order valence-electron chi connectivity index (χ1n) is 7.02. The Labute approximate surface area is 149 Å². The second-order valence-electron chi connectivity index (χ2n) is 4.86. The van der Waals surface area contributed by atoms with Crippen molar-refractivity contribution in [1.29, 1.82) is 0 Å². The van der Waals surface area contributed by atoms with E-state index in [9.17, 15) is 9.59 Å². The summed E-state index contributed by atoms with van der Waals surface area (Å²) in [5, 5.41) is 3.21. The van der Waals surface area contributed by atoms with E-state index in [2.05, 4.69) is 5.32 Å². The molecule has 0 aliphatic carbocycles. The van der Waals surface area contributed by atoms with Crippen LogP contribution in [0, 0.1) is 0 Å². The summed E-state index contributed by atoms with van der Waals surface area (Å²) >= 11 is 11.7. The number of nitrogens with one attached hydrogen (secondary N) is 1. The zero-order chi connectivity index (χ0) is 17.7. The quantitative estimate of drug-likeness (QED) is 0.804. The van der Waals surface area contributed by atoms with E-state index in [-0.39, 0.29) is 10.6 Å². The van der Waals surface area contributed by atoms with E-state index in [1.165, 1.54) is 32.2 Å². The van der Waals surface area contributed by atoms with Gasteiger partial charge in [-0.3, -0.25) is 4.79 Å². The summed E-state index contributed by atoms with van der Waals surface area (Å²) in [6.07, 6.45) is -1.02. The zero-order valence-electron chi connectivity index (χ0n) is 13.0. The highest BCUT2D eigenvalue weighted by Crippen LogP contribution is 2.24. The lowest BCUT2D eigenvalue weighted by atomic mass is 10.2. The van der Waals surface area contributed by atoms with Crippen molar-refractivity contribution in [3.63, 3.8) is 0 Å². The molecule has 0 aliphatic heterocycles. The van der Waals surface area contributed by atoms with Crippen LogP contribution in [-0.2, 0) is 9.53 Å². The number of hydrogen-bond donors (Lipinski definition) is 1. The number of anilines is 1. The molecule has 0 radical (unpaired) electrons. The van der Waals surface area contributed by atoms with Crippen LogP contribution in [0.1, 0.15) is 17.3 Å². The summed E-state index contributed by atoms with van der Waals surface area (Å²) in [6.45, 7) is 1.46. The number of benzene rings is 2. The number of carbonyl (C=O) groups excluding carboxylic acids is 2. The molecule has 2 aromatic carbocycles. The highest BCUT2D eigenvalue weighted by Gasteiger charge is 2.21. The van der Waals surface area contributed by atoms with Gasteiger partial charge in [0.25, 0.3) is 5.91 Å². The maximum Gasteiger partial charge on any atom is 0.340 e. The van der Waals surface area contributed by atoms with Crippen LogP contribution in [0.3, 0.4) is 0 Å². The van der Waals surface area contributed by atoms with Crippen LogP contribution in [0.2, 0.25) is 10.0 Å². The molecule has 7 heteroatoms. The van der Waals surface area contributed by atoms with Crippen molar-refractivity contribution in [2.45, 2.75) is 13.0 Å². The Hall–Kier alpha value is -2.24. The van der Waals surface area contributed by atoms with Gasteiger partial charge < -0.3 is 14.8 Å². The number of amides is 1. The Morgan fingerprint density at radius 3 is 2.50 bits per heavy atom. The van der Waals surface area contributed by atoms with Crippen molar-refractivity contribution in [1.82, 2.24) is 0 Å². The first kappa shape index (κ1) is 18.1. The molecule has 1 N–H and O–H groups in total. The normalized spacial score (nSPS) is 11.5. The molecule has 126 valence electrons. The molecule has 1 atom stereocenters. The Balaban J connectivity index is 2.04. The Bertz CT molecular complexity index is 764. The third-order valence-corrected chi connectivity index (χ3v) is 3.72. The van der Waals surface area contributed by atoms with Crippen LogP contribution >= 0.6 is 23.2 Å². The molecule has 0 aromatic heterocycles. The number of rotatable bonds is 5. The maximum absolute atomic E-state index is 12.2. The molecular weight excluding hydrogens is 353 g/mol. The lowest BCUT2D eigenvalue weighted by molar-refractivity contribution is -0.123. The van der Waals surface area contributed by atoms with Crippen LogP contribution in [0.5, 0.6) is 5.75 Å². The number of para-hydroxylation sites is 2. The van der Waals surface area contributed by atoms with E-state index >= 15 is 0 Å². The van der Waals surface area contributed by atoms with Crippen LogP contribution in [0.25, 0.3) is 0 Å². The predicted molar refractivity (Wildman–Crippen MR) is 93.0 cm³/mol. The Morgan fingerprint density at radius 2 is 1.83 bits per heavy atom. The highest BCUT2D eigenvalue weighted by molar-refractivity contribution is 6.36. The van der Waals surface area contributed by atoms with E-state index in [1.54, 1.807) is 24.3 Å². The number of halogens is 2. The molecule has 0 saturated heterocycles. The fraction of sp³-hybridized carbons (Fsp3) is 0.176. The molecule has 0 aliphatic rings. The van der Waals surface area contributed by atoms with Gasteiger partial charge in [-0.25, -0.2) is 4.79 Å². The Morgan fingerprint density at radius 1 is 1.12 bits per heavy atom. The minimum absolute atomic E-state index is 0.137. The van der Waals surface area contributed by atoms with E-state index in [0.717, 1.165) is 0 Å². The summed E-state index contributed by atoms with van der Waals surface area (Å²) in [7, 11) is 1.50. The molecule has 24 heavy (non-hydrogen) atoms. The minimum atomic E-state index is -1.02. The molecule has 1 amide bonds. The SMILES string of the molecule is COc1ccccc1NC(=O)[C@@H](C)OC(=O)c1ccc(Cl)cc1Cl. The number of carbonyl (C=O) groups is 2. The molecule has 5 nitrogen and oxygen atoms in total. The van der Waals surface area contributed by atoms with Crippen LogP contribution < -0.4 is 10.1 Å². The zero-order valence-corrected chi connectivity index (χ0v) is 14.5. The molecule has 0 saturated carbocycles. The summed E-state index contributed by atoms with van der Waals surface area (Å²) in [4.78, 5) is 24.3. The molecule has 0 fully saturated rings. The largest absolute Gasteiger partial charge is 0.495 e. The topological polar surface area (TPSA) is 64.6 Å². The third kappa shape index (κ3) is 4.40. The van der Waals surface area contributed by atoms with Gasteiger partial charge in [0.1, 0.15) is 5.75 Å². The van der Waals surface area contributed by atoms with Crippen molar-refractivity contribution < 1.29 is 19.1 Å². The average Bonchev–Trinajstić information content (AvgIpc) is 2.55. The van der Waals surface area contributed by atoms with E-state index in [1.807, 2.05) is 0 Å². The molecule has 0 unspecified atom stereocenters. The highest BCUT2D eigenvalue weighted by atomic mass is 35.5. The second-order valence-corrected chi connectivity index (χ2v) is 5.70. The van der Waals surface area contributed by atoms with Crippen molar-refractivity contribution in [2.75, 3.05) is 12.4 Å². The molecular formula is C17H15Cl2NO4. The summed E-state index contributed by atoms with van der Waals surface area (Å²) < 4.78 is 10.3. The van der Waals surface area contributed by atoms with E-state index in [0.29, 0.717) is 16.5 Å². The minimum Gasteiger partial charge on any atom is -0.495 e. The molecule has 0 bridgehead atoms. The van der Waals surface area contributed by atoms with Gasteiger partial charge in [0.2, 0.25) is 0 Å². The van der Waals surface area contributed by atoms with Crippen molar-refractivity contribution >= 4 is 40.8 Å². The van der Waals surface area contributed by atoms with Crippen molar-refractivity contribution in [2.24, 2.45) is 0 Å². The van der Waals surface area contributed by atoms with Gasteiger partial charge in [-0.15, -0.1) is 0 Å². The smallest absolute Gasteiger partial charge is 0.340 e.